The van der Waals surface area contributed by atoms with E-state index >= 15 is 0 Å². The largest absolute Gasteiger partial charge is 0.383 e. The highest BCUT2D eigenvalue weighted by atomic mass is 35.5. The van der Waals surface area contributed by atoms with Crippen LogP contribution >= 0.6 is 11.6 Å². The lowest BCUT2D eigenvalue weighted by Crippen LogP contribution is -2.12. The Kier molecular flexibility index (Phi) is 4.41. The SMILES string of the molecule is COCCn1ccc2cc(NC(=O)c3cc4ccc(Cl)cc4[nH]3)ccc21. The zero-order chi connectivity index (χ0) is 18.1. The molecule has 132 valence electrons. The van der Waals surface area contributed by atoms with Crippen LogP contribution in [0.15, 0.2) is 54.7 Å². The van der Waals surface area contributed by atoms with Crippen molar-refractivity contribution in [3.05, 3.63) is 65.4 Å². The number of rotatable bonds is 5. The second-order valence-corrected chi connectivity index (χ2v) is 6.58. The first-order chi connectivity index (χ1) is 12.6. The van der Waals surface area contributed by atoms with E-state index in [1.165, 1.54) is 0 Å². The van der Waals surface area contributed by atoms with E-state index in [0.29, 0.717) is 17.3 Å². The normalized spacial score (nSPS) is 11.3. The zero-order valence-electron chi connectivity index (χ0n) is 14.3. The summed E-state index contributed by atoms with van der Waals surface area (Å²) in [6.45, 7) is 1.45. The number of fused-ring (bicyclic) bond motifs is 2. The molecular weight excluding hydrogens is 350 g/mol. The van der Waals surface area contributed by atoms with E-state index in [0.717, 1.165) is 34.0 Å². The van der Waals surface area contributed by atoms with Gasteiger partial charge in [-0.1, -0.05) is 17.7 Å². The van der Waals surface area contributed by atoms with E-state index in [2.05, 4.69) is 14.9 Å². The molecule has 0 spiro atoms. The van der Waals surface area contributed by atoms with Crippen LogP contribution in [0.25, 0.3) is 21.8 Å². The third kappa shape index (κ3) is 3.19. The van der Waals surface area contributed by atoms with Crippen LogP contribution in [-0.4, -0.2) is 29.2 Å². The maximum atomic E-state index is 12.6. The number of aromatic amines is 1. The fraction of sp³-hybridized carbons (Fsp3) is 0.150. The van der Waals surface area contributed by atoms with Crippen LogP contribution in [-0.2, 0) is 11.3 Å². The molecule has 1 amide bonds. The molecule has 0 aliphatic heterocycles. The Bertz CT molecular complexity index is 1100. The van der Waals surface area contributed by atoms with Crippen molar-refractivity contribution in [1.29, 1.82) is 0 Å². The number of halogens is 1. The molecule has 2 N–H and O–H groups in total. The fourth-order valence-electron chi connectivity index (χ4n) is 3.08. The second kappa shape index (κ2) is 6.86. The summed E-state index contributed by atoms with van der Waals surface area (Å²) in [6.07, 6.45) is 2.02. The smallest absolute Gasteiger partial charge is 0.272 e. The van der Waals surface area contributed by atoms with Gasteiger partial charge in [-0.05, 0) is 42.5 Å². The number of hydrogen-bond donors (Lipinski definition) is 2. The van der Waals surface area contributed by atoms with Gasteiger partial charge < -0.3 is 19.6 Å². The highest BCUT2D eigenvalue weighted by Gasteiger charge is 2.11. The molecule has 0 saturated heterocycles. The average Bonchev–Trinajstić information content (AvgIpc) is 3.23. The summed E-state index contributed by atoms with van der Waals surface area (Å²) >= 11 is 6.00. The first-order valence-corrected chi connectivity index (χ1v) is 8.69. The van der Waals surface area contributed by atoms with Gasteiger partial charge in [-0.3, -0.25) is 4.79 Å². The fourth-order valence-corrected chi connectivity index (χ4v) is 3.25. The summed E-state index contributed by atoms with van der Waals surface area (Å²) in [6, 6.07) is 15.2. The summed E-state index contributed by atoms with van der Waals surface area (Å²) in [4.78, 5) is 15.7. The molecule has 0 saturated carbocycles. The van der Waals surface area contributed by atoms with Crippen molar-refractivity contribution in [3.63, 3.8) is 0 Å². The van der Waals surface area contributed by atoms with Crippen molar-refractivity contribution in [2.75, 3.05) is 19.0 Å². The molecule has 4 aromatic rings. The van der Waals surface area contributed by atoms with Gasteiger partial charge in [0.15, 0.2) is 0 Å². The number of nitrogens with one attached hydrogen (secondary N) is 2. The molecule has 0 aliphatic carbocycles. The van der Waals surface area contributed by atoms with Gasteiger partial charge in [0.2, 0.25) is 0 Å². The molecule has 0 fully saturated rings. The Labute approximate surface area is 155 Å². The molecule has 5 nitrogen and oxygen atoms in total. The van der Waals surface area contributed by atoms with E-state index in [-0.39, 0.29) is 5.91 Å². The molecule has 26 heavy (non-hydrogen) atoms. The van der Waals surface area contributed by atoms with Crippen LogP contribution in [0.1, 0.15) is 10.5 Å². The first-order valence-electron chi connectivity index (χ1n) is 8.31. The summed E-state index contributed by atoms with van der Waals surface area (Å²) < 4.78 is 7.26. The zero-order valence-corrected chi connectivity index (χ0v) is 15.0. The number of amides is 1. The lowest BCUT2D eigenvalue weighted by molar-refractivity contribution is 0.102. The maximum Gasteiger partial charge on any atom is 0.272 e. The number of nitrogens with zero attached hydrogens (tertiary/aromatic N) is 1. The minimum atomic E-state index is -0.185. The molecule has 0 radical (unpaired) electrons. The van der Waals surface area contributed by atoms with Crippen LogP contribution in [0.5, 0.6) is 0 Å². The molecule has 2 aromatic carbocycles. The molecule has 0 aliphatic rings. The van der Waals surface area contributed by atoms with Crippen LogP contribution in [0.3, 0.4) is 0 Å². The molecule has 6 heteroatoms. The van der Waals surface area contributed by atoms with Crippen molar-refractivity contribution in [2.45, 2.75) is 6.54 Å². The Morgan fingerprint density at radius 3 is 2.88 bits per heavy atom. The number of carbonyl (C=O) groups excluding carboxylic acids is 1. The minimum absolute atomic E-state index is 0.185. The Morgan fingerprint density at radius 2 is 2.04 bits per heavy atom. The number of hydrogen-bond acceptors (Lipinski definition) is 2. The van der Waals surface area contributed by atoms with Gasteiger partial charge in [0, 0.05) is 52.4 Å². The standard InChI is InChI=1S/C20H18ClN3O2/c1-26-9-8-24-7-6-14-10-16(4-5-19(14)24)22-20(25)18-11-13-2-3-15(21)12-17(13)23-18/h2-7,10-12,23H,8-9H2,1H3,(H,22,25). The monoisotopic (exact) mass is 367 g/mol. The summed E-state index contributed by atoms with van der Waals surface area (Å²) in [7, 11) is 1.69. The quantitative estimate of drug-likeness (QED) is 0.538. The lowest BCUT2D eigenvalue weighted by Gasteiger charge is -2.07. The van der Waals surface area contributed by atoms with Gasteiger partial charge in [0.05, 0.1) is 6.61 Å². The summed E-state index contributed by atoms with van der Waals surface area (Å²) in [5, 5.41) is 5.60. The number of benzene rings is 2. The molecule has 0 bridgehead atoms. The van der Waals surface area contributed by atoms with E-state index < -0.39 is 0 Å². The first kappa shape index (κ1) is 16.7. The van der Waals surface area contributed by atoms with Crippen LogP contribution in [0.4, 0.5) is 5.69 Å². The number of aromatic nitrogens is 2. The number of H-pyrrole nitrogens is 1. The highest BCUT2D eigenvalue weighted by Crippen LogP contribution is 2.23. The lowest BCUT2D eigenvalue weighted by atomic mass is 10.2. The third-order valence-corrected chi connectivity index (χ3v) is 4.63. The Balaban J connectivity index is 1.56. The Morgan fingerprint density at radius 1 is 1.15 bits per heavy atom. The Hall–Kier alpha value is -2.76. The number of methoxy groups -OCH3 is 1. The highest BCUT2D eigenvalue weighted by molar-refractivity contribution is 6.31. The molecule has 2 aromatic heterocycles. The molecule has 4 rings (SSSR count). The molecular formula is C20H18ClN3O2. The molecule has 2 heterocycles. The van der Waals surface area contributed by atoms with Crippen molar-refractivity contribution < 1.29 is 9.53 Å². The molecule has 0 unspecified atom stereocenters. The van der Waals surface area contributed by atoms with E-state index in [9.17, 15) is 4.79 Å². The van der Waals surface area contributed by atoms with Gasteiger partial charge in [0.25, 0.3) is 5.91 Å². The minimum Gasteiger partial charge on any atom is -0.383 e. The average molecular weight is 368 g/mol. The van der Waals surface area contributed by atoms with Gasteiger partial charge in [-0.25, -0.2) is 0 Å². The van der Waals surface area contributed by atoms with Gasteiger partial charge in [-0.2, -0.15) is 0 Å². The topological polar surface area (TPSA) is 59.0 Å². The van der Waals surface area contributed by atoms with Gasteiger partial charge >= 0.3 is 0 Å². The van der Waals surface area contributed by atoms with Gasteiger partial charge in [-0.15, -0.1) is 0 Å². The number of ether oxygens (including phenoxy) is 1. The van der Waals surface area contributed by atoms with E-state index in [1.54, 1.807) is 7.11 Å². The van der Waals surface area contributed by atoms with Crippen LogP contribution < -0.4 is 5.32 Å². The third-order valence-electron chi connectivity index (χ3n) is 4.39. The van der Waals surface area contributed by atoms with E-state index in [4.69, 9.17) is 16.3 Å². The number of carbonyl (C=O) groups is 1. The number of anilines is 1. The summed E-state index contributed by atoms with van der Waals surface area (Å²) in [5.41, 5.74) is 3.21. The van der Waals surface area contributed by atoms with Crippen LogP contribution in [0.2, 0.25) is 5.02 Å². The summed E-state index contributed by atoms with van der Waals surface area (Å²) in [5.74, 6) is -0.185. The predicted octanol–water partition coefficient (Wildman–Crippen LogP) is 4.67. The maximum absolute atomic E-state index is 12.6. The predicted molar refractivity (Wildman–Crippen MR) is 105 cm³/mol. The second-order valence-electron chi connectivity index (χ2n) is 6.14. The molecule has 0 atom stereocenters. The van der Waals surface area contributed by atoms with Crippen molar-refractivity contribution in [2.24, 2.45) is 0 Å². The van der Waals surface area contributed by atoms with E-state index in [1.807, 2.05) is 54.7 Å². The van der Waals surface area contributed by atoms with Crippen molar-refractivity contribution in [1.82, 2.24) is 9.55 Å². The van der Waals surface area contributed by atoms with Crippen LogP contribution in [0, 0.1) is 0 Å². The van der Waals surface area contributed by atoms with Gasteiger partial charge in [0.1, 0.15) is 5.69 Å². The van der Waals surface area contributed by atoms with Crippen molar-refractivity contribution >= 4 is 45.0 Å². The van der Waals surface area contributed by atoms with Crippen molar-refractivity contribution in [3.8, 4) is 0 Å².